The van der Waals surface area contributed by atoms with Gasteiger partial charge >= 0.3 is 37.7 Å². The molecule has 19 heavy (non-hydrogen) atoms. The van der Waals surface area contributed by atoms with Gasteiger partial charge in [-0.3, -0.25) is 0 Å². The molecule has 0 aromatic rings. The van der Waals surface area contributed by atoms with Crippen LogP contribution in [-0.2, 0) is 14.2 Å². The van der Waals surface area contributed by atoms with Crippen LogP contribution >= 0.6 is 0 Å². The van der Waals surface area contributed by atoms with Crippen molar-refractivity contribution in [3.8, 4) is 0 Å². The second kappa shape index (κ2) is 24.1. The average Bonchev–Trinajstić information content (AvgIpc) is 2.45. The van der Waals surface area contributed by atoms with Crippen molar-refractivity contribution in [2.24, 2.45) is 0 Å². The van der Waals surface area contributed by atoms with E-state index in [4.69, 9.17) is 0 Å². The number of ether oxygens (including phenoxy) is 3. The monoisotopic (exact) mass is 432 g/mol. The molecule has 0 rings (SSSR count). The van der Waals surface area contributed by atoms with Crippen molar-refractivity contribution >= 4 is 0 Å². The minimum Gasteiger partial charge on any atom is -0.831 e. The molecule has 0 aromatic carbocycles. The molecule has 0 radical (unpaired) electrons. The fraction of sp³-hybridized carbons (Fsp3) is 1.00. The molecular weight excluding hydrogens is 405 g/mol. The van der Waals surface area contributed by atoms with E-state index in [1.54, 1.807) is 20.8 Å². The molecule has 3 atom stereocenters. The molecule has 0 saturated heterocycles. The van der Waals surface area contributed by atoms with Crippen molar-refractivity contribution in [2.75, 3.05) is 21.3 Å². The molecule has 0 spiro atoms. The molecule has 122 valence electrons. The van der Waals surface area contributed by atoms with Crippen LogP contribution in [0.5, 0.6) is 0 Å². The molecule has 6 nitrogen and oxygen atoms in total. The number of hydrogen-bond acceptors (Lipinski definition) is 6. The first-order valence-electron chi connectivity index (χ1n) is 5.99. The third kappa shape index (κ3) is 32.5. The van der Waals surface area contributed by atoms with Crippen LogP contribution in [0.2, 0.25) is 0 Å². The SMILES string of the molecule is CCC([O-])OC.CCC([O-])OC.CCC([O-])OC.[Ho+3]. The van der Waals surface area contributed by atoms with Crippen LogP contribution in [0.15, 0.2) is 0 Å². The summed E-state index contributed by atoms with van der Waals surface area (Å²) in [5.74, 6) is 0. The molecule has 0 bridgehead atoms. The van der Waals surface area contributed by atoms with Crippen LogP contribution in [0.25, 0.3) is 0 Å². The van der Waals surface area contributed by atoms with Gasteiger partial charge in [0, 0.05) is 21.3 Å². The third-order valence-corrected chi connectivity index (χ3v) is 1.79. The van der Waals surface area contributed by atoms with Crippen LogP contribution in [0.3, 0.4) is 0 Å². The second-order valence-electron chi connectivity index (χ2n) is 3.22. The predicted molar refractivity (Wildman–Crippen MR) is 63.3 cm³/mol. The van der Waals surface area contributed by atoms with Crippen LogP contribution in [0.1, 0.15) is 40.0 Å². The van der Waals surface area contributed by atoms with Gasteiger partial charge in [0.1, 0.15) is 0 Å². The molecule has 0 aliphatic heterocycles. The topological polar surface area (TPSA) is 96.9 Å². The largest absolute Gasteiger partial charge is 3.00 e. The fourth-order valence-corrected chi connectivity index (χ4v) is 0.500. The molecule has 0 aromatic heterocycles. The first-order valence-corrected chi connectivity index (χ1v) is 5.99. The summed E-state index contributed by atoms with van der Waals surface area (Å²) in [4.78, 5) is 0. The predicted octanol–water partition coefficient (Wildman–Crippen LogP) is -0.812. The fourth-order valence-electron chi connectivity index (χ4n) is 0.500. The van der Waals surface area contributed by atoms with E-state index in [0.717, 1.165) is 0 Å². The molecule has 0 N–H and O–H groups in total. The average molecular weight is 432 g/mol. The standard InChI is InChI=1S/3C4H9O2.Ho/c3*1-3-4(5)6-2;/h3*4H,3H2,1-2H3;/q3*-1;+3. The van der Waals surface area contributed by atoms with E-state index in [0.29, 0.717) is 19.3 Å². The maximum Gasteiger partial charge on any atom is 3.00 e. The normalized spacial score (nSPS) is 13.7. The Hall–Kier alpha value is 1.02. The molecular formula is C12H27HoO6. The quantitative estimate of drug-likeness (QED) is 0.402. The van der Waals surface area contributed by atoms with Gasteiger partial charge in [0.05, 0.1) is 0 Å². The van der Waals surface area contributed by atoms with Crippen LogP contribution in [0.4, 0.5) is 0 Å². The summed E-state index contributed by atoms with van der Waals surface area (Å²) < 4.78 is 13.0. The van der Waals surface area contributed by atoms with Crippen molar-refractivity contribution in [1.29, 1.82) is 0 Å². The first-order chi connectivity index (χ1) is 8.42. The van der Waals surface area contributed by atoms with Gasteiger partial charge in [-0.15, -0.1) is 0 Å². The zero-order valence-electron chi connectivity index (χ0n) is 12.6. The zero-order valence-corrected chi connectivity index (χ0v) is 14.5. The first kappa shape index (κ1) is 28.2. The second-order valence-corrected chi connectivity index (χ2v) is 3.22. The van der Waals surface area contributed by atoms with Crippen molar-refractivity contribution in [3.63, 3.8) is 0 Å². The molecule has 0 amide bonds. The summed E-state index contributed by atoms with van der Waals surface area (Å²) in [7, 11) is 4.25. The van der Waals surface area contributed by atoms with E-state index in [1.165, 1.54) is 21.3 Å². The van der Waals surface area contributed by atoms with E-state index in [-0.39, 0.29) is 37.7 Å². The molecule has 7 heteroatoms. The van der Waals surface area contributed by atoms with Crippen molar-refractivity contribution < 1.29 is 67.3 Å². The molecule has 3 unspecified atom stereocenters. The summed E-state index contributed by atoms with van der Waals surface area (Å²) in [6.07, 6.45) is -0.788. The van der Waals surface area contributed by atoms with Gasteiger partial charge in [-0.25, -0.2) is 0 Å². The Balaban J connectivity index is -0.0000000865. The Labute approximate surface area is 147 Å². The van der Waals surface area contributed by atoms with Gasteiger partial charge in [0.25, 0.3) is 0 Å². The van der Waals surface area contributed by atoms with E-state index < -0.39 is 18.9 Å². The Morgan fingerprint density at radius 1 is 0.632 bits per heavy atom. The summed E-state index contributed by atoms with van der Waals surface area (Å²) >= 11 is 0. The molecule has 0 heterocycles. The van der Waals surface area contributed by atoms with Gasteiger partial charge in [-0.2, -0.15) is 0 Å². The Morgan fingerprint density at radius 2 is 0.789 bits per heavy atom. The minimum absolute atomic E-state index is 0. The number of hydrogen-bond donors (Lipinski definition) is 0. The van der Waals surface area contributed by atoms with Gasteiger partial charge in [0.2, 0.25) is 0 Å². The van der Waals surface area contributed by atoms with E-state index in [9.17, 15) is 15.3 Å². The molecule has 0 saturated carbocycles. The summed E-state index contributed by atoms with van der Waals surface area (Å²) in [5.41, 5.74) is 0. The van der Waals surface area contributed by atoms with Gasteiger partial charge in [0.15, 0.2) is 0 Å². The maximum atomic E-state index is 10.0. The van der Waals surface area contributed by atoms with Crippen molar-refractivity contribution in [3.05, 3.63) is 0 Å². The molecule has 0 fully saturated rings. The van der Waals surface area contributed by atoms with Gasteiger partial charge in [-0.05, 0) is 38.1 Å². The summed E-state index contributed by atoms with van der Waals surface area (Å²) in [6.45, 7) is 5.38. The van der Waals surface area contributed by atoms with Crippen molar-refractivity contribution in [1.82, 2.24) is 0 Å². The Kier molecular flexibility index (Phi) is 35.7. The van der Waals surface area contributed by atoms with Crippen LogP contribution < -0.4 is 15.3 Å². The Bertz CT molecular complexity index is 104. The zero-order chi connectivity index (χ0) is 15.0. The summed E-state index contributed by atoms with van der Waals surface area (Å²) in [5, 5.41) is 30.1. The van der Waals surface area contributed by atoms with Crippen LogP contribution in [0, 0.1) is 37.7 Å². The van der Waals surface area contributed by atoms with E-state index >= 15 is 0 Å². The maximum absolute atomic E-state index is 10.0. The van der Waals surface area contributed by atoms with E-state index in [1.807, 2.05) is 0 Å². The molecule has 0 aliphatic rings. The molecule has 0 aliphatic carbocycles. The summed E-state index contributed by atoms with van der Waals surface area (Å²) in [6, 6.07) is 0. The van der Waals surface area contributed by atoms with Gasteiger partial charge < -0.3 is 29.5 Å². The minimum atomic E-state index is -0.815. The van der Waals surface area contributed by atoms with Crippen LogP contribution in [-0.4, -0.2) is 40.2 Å². The van der Waals surface area contributed by atoms with Gasteiger partial charge in [-0.1, -0.05) is 20.8 Å². The number of methoxy groups -OCH3 is 3. The smallest absolute Gasteiger partial charge is 0.831 e. The Morgan fingerprint density at radius 3 is 0.789 bits per heavy atom. The van der Waals surface area contributed by atoms with E-state index in [2.05, 4.69) is 14.2 Å². The van der Waals surface area contributed by atoms with Crippen molar-refractivity contribution in [2.45, 2.75) is 58.9 Å². The third-order valence-electron chi connectivity index (χ3n) is 1.79. The number of rotatable bonds is 6.